The maximum Gasteiger partial charge on any atom is 0.261 e. The van der Waals surface area contributed by atoms with Crippen LogP contribution in [0.25, 0.3) is 10.2 Å². The van der Waals surface area contributed by atoms with Gasteiger partial charge in [0.2, 0.25) is 0 Å². The first-order valence-corrected chi connectivity index (χ1v) is 11.9. The van der Waals surface area contributed by atoms with Crippen LogP contribution in [0.5, 0.6) is 0 Å². The van der Waals surface area contributed by atoms with Gasteiger partial charge in [-0.1, -0.05) is 29.5 Å². The lowest BCUT2D eigenvalue weighted by atomic mass is 10.1. The van der Waals surface area contributed by atoms with Crippen LogP contribution >= 0.6 is 23.7 Å². The molecule has 3 rings (SSSR count). The second-order valence-electron chi connectivity index (χ2n) is 7.45. The van der Waals surface area contributed by atoms with E-state index in [1.54, 1.807) is 23.1 Å². The lowest BCUT2D eigenvalue weighted by molar-refractivity contribution is 0.0982. The zero-order valence-corrected chi connectivity index (χ0v) is 20.1. The third-order valence-electron chi connectivity index (χ3n) is 4.57. The molecule has 0 aliphatic carbocycles. The number of thiazole rings is 1. The number of hydrogen-bond donors (Lipinski definition) is 0. The van der Waals surface area contributed by atoms with Crippen LogP contribution in [0.3, 0.4) is 0 Å². The van der Waals surface area contributed by atoms with Gasteiger partial charge in [0.05, 0.1) is 20.7 Å². The number of likely N-dealkylation sites (N-methyl/N-ethyl adjacent to an activating group) is 1. The monoisotopic (exact) mass is 467 g/mol. The van der Waals surface area contributed by atoms with Gasteiger partial charge in [0.15, 0.2) is 15.0 Å². The lowest BCUT2D eigenvalue weighted by Gasteiger charge is -2.22. The number of anilines is 1. The molecule has 0 unspecified atom stereocenters. The number of sulfone groups is 1. The fourth-order valence-corrected chi connectivity index (χ4v) is 5.10. The van der Waals surface area contributed by atoms with Crippen molar-refractivity contribution in [2.24, 2.45) is 0 Å². The number of aryl methyl sites for hydroxylation is 2. The largest absolute Gasteiger partial charge is 0.308 e. The van der Waals surface area contributed by atoms with Gasteiger partial charge >= 0.3 is 0 Å². The first-order valence-electron chi connectivity index (χ1n) is 9.21. The van der Waals surface area contributed by atoms with Gasteiger partial charge in [0.25, 0.3) is 5.91 Å². The summed E-state index contributed by atoms with van der Waals surface area (Å²) in [5, 5.41) is 0.573. The Labute approximate surface area is 187 Å². The minimum absolute atomic E-state index is 0. The van der Waals surface area contributed by atoms with E-state index < -0.39 is 9.84 Å². The van der Waals surface area contributed by atoms with Crippen LogP contribution in [-0.2, 0) is 9.84 Å². The van der Waals surface area contributed by atoms with E-state index in [-0.39, 0.29) is 28.8 Å². The summed E-state index contributed by atoms with van der Waals surface area (Å²) in [6, 6.07) is 10.4. The number of carbonyl (C=O) groups excluding carboxylic acids is 1. The van der Waals surface area contributed by atoms with Gasteiger partial charge < -0.3 is 4.90 Å². The van der Waals surface area contributed by atoms with Gasteiger partial charge in [-0.3, -0.25) is 9.69 Å². The van der Waals surface area contributed by atoms with Crippen molar-refractivity contribution >= 4 is 54.8 Å². The van der Waals surface area contributed by atoms with Crippen LogP contribution in [-0.4, -0.2) is 57.6 Å². The number of hydrogen-bond acceptors (Lipinski definition) is 6. The summed E-state index contributed by atoms with van der Waals surface area (Å²) in [5.74, 6) is -0.360. The maximum atomic E-state index is 13.5. The highest BCUT2D eigenvalue weighted by Crippen LogP contribution is 2.33. The summed E-state index contributed by atoms with van der Waals surface area (Å²) in [6.45, 7) is 5.08. The first kappa shape index (κ1) is 24.3. The van der Waals surface area contributed by atoms with Gasteiger partial charge in [-0.05, 0) is 57.3 Å². The molecule has 0 spiro atoms. The van der Waals surface area contributed by atoms with E-state index in [0.29, 0.717) is 18.2 Å². The van der Waals surface area contributed by atoms with Gasteiger partial charge in [0, 0.05) is 19.3 Å². The summed E-state index contributed by atoms with van der Waals surface area (Å²) in [6.07, 6.45) is 1.12. The summed E-state index contributed by atoms with van der Waals surface area (Å²) >= 11 is 1.45. The van der Waals surface area contributed by atoms with E-state index >= 15 is 0 Å². The SMILES string of the molecule is Cc1cc(C)c2sc(N(CCN(C)C)C(=O)c3ccccc3S(C)(=O)=O)nc2c1.Cl. The highest BCUT2D eigenvalue weighted by Gasteiger charge is 2.26. The molecule has 0 fully saturated rings. The highest BCUT2D eigenvalue weighted by atomic mass is 35.5. The molecule has 0 bridgehead atoms. The Bertz CT molecular complexity index is 1170. The predicted octanol–water partition coefficient (Wildman–Crippen LogP) is 3.95. The van der Waals surface area contributed by atoms with Gasteiger partial charge in [-0.25, -0.2) is 13.4 Å². The average molecular weight is 468 g/mol. The molecule has 1 amide bonds. The van der Waals surface area contributed by atoms with Crippen molar-refractivity contribution in [1.82, 2.24) is 9.88 Å². The smallest absolute Gasteiger partial charge is 0.261 e. The summed E-state index contributed by atoms with van der Waals surface area (Å²) < 4.78 is 25.5. The molecular weight excluding hydrogens is 442 g/mol. The minimum atomic E-state index is -3.54. The molecule has 0 radical (unpaired) electrons. The molecule has 1 aromatic heterocycles. The number of benzene rings is 2. The number of carbonyl (C=O) groups is 1. The number of amides is 1. The minimum Gasteiger partial charge on any atom is -0.308 e. The lowest BCUT2D eigenvalue weighted by Crippen LogP contribution is -2.37. The van der Waals surface area contributed by atoms with Crippen LogP contribution in [0.15, 0.2) is 41.3 Å². The number of nitrogens with zero attached hydrogens (tertiary/aromatic N) is 3. The van der Waals surface area contributed by atoms with Crippen molar-refractivity contribution < 1.29 is 13.2 Å². The van der Waals surface area contributed by atoms with Crippen LogP contribution in [0.2, 0.25) is 0 Å². The van der Waals surface area contributed by atoms with E-state index in [1.165, 1.54) is 17.4 Å². The molecule has 0 saturated heterocycles. The third-order valence-corrected chi connectivity index (χ3v) is 6.96. The Morgan fingerprint density at radius 3 is 2.40 bits per heavy atom. The van der Waals surface area contributed by atoms with Crippen molar-refractivity contribution in [3.05, 3.63) is 53.1 Å². The molecule has 2 aromatic carbocycles. The van der Waals surface area contributed by atoms with Gasteiger partial charge in [-0.2, -0.15) is 0 Å². The van der Waals surface area contributed by atoms with Crippen LogP contribution in [0.4, 0.5) is 5.13 Å². The van der Waals surface area contributed by atoms with Crippen molar-refractivity contribution in [2.75, 3.05) is 38.3 Å². The molecule has 0 aliphatic heterocycles. The second-order valence-corrected chi connectivity index (χ2v) is 10.4. The van der Waals surface area contributed by atoms with Crippen molar-refractivity contribution in [1.29, 1.82) is 0 Å². The maximum absolute atomic E-state index is 13.5. The molecule has 3 aromatic rings. The highest BCUT2D eigenvalue weighted by molar-refractivity contribution is 7.90. The number of halogens is 1. The molecule has 0 aliphatic rings. The molecule has 0 atom stereocenters. The number of aromatic nitrogens is 1. The Balaban J connectivity index is 0.00000320. The zero-order chi connectivity index (χ0) is 21.3. The van der Waals surface area contributed by atoms with Crippen LogP contribution in [0.1, 0.15) is 21.5 Å². The molecule has 6 nitrogen and oxygen atoms in total. The Morgan fingerprint density at radius 1 is 1.10 bits per heavy atom. The van der Waals surface area contributed by atoms with Gasteiger partial charge in [0.1, 0.15) is 0 Å². The standard InChI is InChI=1S/C21H25N3O3S2.ClH/c1-14-12-15(2)19-17(13-14)22-21(28-19)24(11-10-23(3)4)20(25)16-8-6-7-9-18(16)29(5,26)27;/h6-9,12-13H,10-11H2,1-5H3;1H. The van der Waals surface area contributed by atoms with E-state index in [9.17, 15) is 13.2 Å². The molecule has 162 valence electrons. The van der Waals surface area contributed by atoms with Gasteiger partial charge in [-0.15, -0.1) is 12.4 Å². The van der Waals surface area contributed by atoms with Crippen LogP contribution in [0, 0.1) is 13.8 Å². The Morgan fingerprint density at radius 2 is 1.77 bits per heavy atom. The molecular formula is C21H26ClN3O3S2. The topological polar surface area (TPSA) is 70.6 Å². The van der Waals surface area contributed by atoms with E-state index in [0.717, 1.165) is 27.6 Å². The summed E-state index contributed by atoms with van der Waals surface area (Å²) in [7, 11) is 0.322. The van der Waals surface area contributed by atoms with Crippen molar-refractivity contribution in [3.8, 4) is 0 Å². The third kappa shape index (κ3) is 5.18. The van der Waals surface area contributed by atoms with E-state index in [4.69, 9.17) is 4.98 Å². The van der Waals surface area contributed by atoms with Crippen molar-refractivity contribution in [3.63, 3.8) is 0 Å². The molecule has 0 saturated carbocycles. The molecule has 9 heteroatoms. The molecule has 30 heavy (non-hydrogen) atoms. The second kappa shape index (κ2) is 9.43. The predicted molar refractivity (Wildman–Crippen MR) is 126 cm³/mol. The Hall–Kier alpha value is -2.00. The molecule has 0 N–H and O–H groups in total. The average Bonchev–Trinajstić information content (AvgIpc) is 3.04. The fourth-order valence-electron chi connectivity index (χ4n) is 3.18. The van der Waals surface area contributed by atoms with E-state index in [1.807, 2.05) is 38.9 Å². The number of rotatable bonds is 6. The number of fused-ring (bicyclic) bond motifs is 1. The van der Waals surface area contributed by atoms with Crippen LogP contribution < -0.4 is 4.90 Å². The Kier molecular flexibility index (Phi) is 7.63. The fraction of sp³-hybridized carbons (Fsp3) is 0.333. The first-order chi connectivity index (χ1) is 13.6. The summed E-state index contributed by atoms with van der Waals surface area (Å²) in [4.78, 5) is 21.8. The van der Waals surface area contributed by atoms with Crippen molar-refractivity contribution in [2.45, 2.75) is 18.7 Å². The normalized spacial score (nSPS) is 11.5. The zero-order valence-electron chi connectivity index (χ0n) is 17.7. The van der Waals surface area contributed by atoms with E-state index in [2.05, 4.69) is 6.07 Å². The quantitative estimate of drug-likeness (QED) is 0.549. The summed E-state index contributed by atoms with van der Waals surface area (Å²) in [5.41, 5.74) is 3.24. The molecule has 1 heterocycles.